The van der Waals surface area contributed by atoms with Gasteiger partial charge in [-0.1, -0.05) is 54.6 Å². The zero-order valence-electron chi connectivity index (χ0n) is 21.9. The lowest BCUT2D eigenvalue weighted by molar-refractivity contribution is -0.393. The highest BCUT2D eigenvalue weighted by Crippen LogP contribution is 2.45. The molecule has 6 aromatic rings. The topological polar surface area (TPSA) is 146 Å². The molecule has 7 rings (SSSR count). The molecule has 0 spiro atoms. The third-order valence-electron chi connectivity index (χ3n) is 7.44. The first-order valence-electron chi connectivity index (χ1n) is 12.7. The van der Waals surface area contributed by atoms with Gasteiger partial charge in [0.15, 0.2) is 5.78 Å². The van der Waals surface area contributed by atoms with Gasteiger partial charge in [0.25, 0.3) is 17.1 Å². The quantitative estimate of drug-likeness (QED) is 0.0923. The highest BCUT2D eigenvalue weighted by atomic mass is 16.6. The second-order valence-electron chi connectivity index (χ2n) is 9.87. The first kappa shape index (κ1) is 26.2. The van der Waals surface area contributed by atoms with Crippen LogP contribution in [0.4, 0.5) is 17.1 Å². The fourth-order valence-electron chi connectivity index (χ4n) is 5.46. The van der Waals surface area contributed by atoms with Crippen molar-refractivity contribution in [1.29, 1.82) is 0 Å². The maximum Gasteiger partial charge on any atom is 0.284 e. The summed E-state index contributed by atoms with van der Waals surface area (Å²) in [5, 5.41) is 40.9. The van der Waals surface area contributed by atoms with Gasteiger partial charge in [-0.25, -0.2) is 0 Å². The zero-order chi connectivity index (χ0) is 29.7. The molecule has 0 aromatic heterocycles. The first-order chi connectivity index (χ1) is 20.1. The van der Waals surface area contributed by atoms with Gasteiger partial charge in [0, 0.05) is 34.9 Å². The zero-order valence-corrected chi connectivity index (χ0v) is 21.9. The second-order valence-corrected chi connectivity index (χ2v) is 9.87. The number of hydrogen-bond acceptors (Lipinski definition) is 7. The Morgan fingerprint density at radius 3 is 1.93 bits per heavy atom. The Bertz CT molecular complexity index is 2170. The second kappa shape index (κ2) is 9.86. The van der Waals surface area contributed by atoms with Gasteiger partial charge < -0.3 is 0 Å². The number of nitro groups is 3. The van der Waals surface area contributed by atoms with E-state index in [0.29, 0.717) is 0 Å². The van der Waals surface area contributed by atoms with E-state index in [9.17, 15) is 35.1 Å². The molecule has 0 radical (unpaired) electrons. The molecular formula is C32H19N3O7. The molecule has 204 valence electrons. The minimum Gasteiger partial charge on any atom is -0.289 e. The van der Waals surface area contributed by atoms with Gasteiger partial charge >= 0.3 is 0 Å². The van der Waals surface area contributed by atoms with Crippen molar-refractivity contribution in [2.75, 3.05) is 0 Å². The van der Waals surface area contributed by atoms with Crippen LogP contribution in [0, 0.1) is 37.3 Å². The van der Waals surface area contributed by atoms with Gasteiger partial charge in [-0.2, -0.15) is 0 Å². The van der Waals surface area contributed by atoms with Crippen molar-refractivity contribution >= 4 is 55.2 Å². The SMILES string of the molecule is Cc1cccc2cc3ccc4ccccc4c3cc12.O=C1c2cc([N+](=O)[O-])ccc2-c2c1cc([N+](=O)[O-])cc2[N+](=O)[O-]. The largest absolute Gasteiger partial charge is 0.289 e. The Kier molecular flexibility index (Phi) is 6.15. The van der Waals surface area contributed by atoms with E-state index in [2.05, 4.69) is 73.7 Å². The average Bonchev–Trinajstić information content (AvgIpc) is 3.27. The Morgan fingerprint density at radius 2 is 1.19 bits per heavy atom. The molecule has 0 saturated heterocycles. The molecule has 10 heteroatoms. The number of nitrogens with zero attached hydrogens (tertiary/aromatic N) is 3. The summed E-state index contributed by atoms with van der Waals surface area (Å²) >= 11 is 0. The van der Waals surface area contributed by atoms with E-state index in [1.54, 1.807) is 0 Å². The van der Waals surface area contributed by atoms with Crippen molar-refractivity contribution in [2.24, 2.45) is 0 Å². The minimum atomic E-state index is -0.841. The van der Waals surface area contributed by atoms with E-state index in [0.717, 1.165) is 24.3 Å². The van der Waals surface area contributed by atoms with E-state index >= 15 is 0 Å². The summed E-state index contributed by atoms with van der Waals surface area (Å²) in [6.45, 7) is 2.18. The lowest BCUT2D eigenvalue weighted by atomic mass is 9.96. The predicted octanol–water partition coefficient (Wildman–Crippen LogP) is 8.08. The van der Waals surface area contributed by atoms with Gasteiger partial charge in [-0.3, -0.25) is 35.1 Å². The molecule has 0 atom stereocenters. The molecule has 0 bridgehead atoms. The fraction of sp³-hybridized carbons (Fsp3) is 0.0312. The summed E-state index contributed by atoms with van der Waals surface area (Å²) in [5.74, 6) is -0.717. The van der Waals surface area contributed by atoms with Crippen molar-refractivity contribution in [3.05, 3.63) is 144 Å². The van der Waals surface area contributed by atoms with Crippen molar-refractivity contribution in [1.82, 2.24) is 0 Å². The highest BCUT2D eigenvalue weighted by Gasteiger charge is 2.36. The van der Waals surface area contributed by atoms with Crippen molar-refractivity contribution in [3.63, 3.8) is 0 Å². The minimum absolute atomic E-state index is 0.0597. The van der Waals surface area contributed by atoms with Crippen LogP contribution in [-0.4, -0.2) is 20.6 Å². The maximum atomic E-state index is 12.3. The number of carbonyl (C=O) groups excluding carboxylic acids is 1. The summed E-state index contributed by atoms with van der Waals surface area (Å²) in [7, 11) is 0. The van der Waals surface area contributed by atoms with Crippen LogP contribution in [0.15, 0.2) is 97.1 Å². The van der Waals surface area contributed by atoms with Crippen LogP contribution in [0.2, 0.25) is 0 Å². The maximum absolute atomic E-state index is 12.3. The number of ketones is 1. The lowest BCUT2D eigenvalue weighted by Crippen LogP contribution is -2.00. The van der Waals surface area contributed by atoms with Gasteiger partial charge in [0.05, 0.1) is 26.4 Å². The van der Waals surface area contributed by atoms with Crippen molar-refractivity contribution in [2.45, 2.75) is 6.92 Å². The average molecular weight is 558 g/mol. The van der Waals surface area contributed by atoms with E-state index in [1.807, 2.05) is 0 Å². The third-order valence-corrected chi connectivity index (χ3v) is 7.44. The number of fused-ring (bicyclic) bond motifs is 7. The van der Waals surface area contributed by atoms with E-state index in [4.69, 9.17) is 0 Å². The molecule has 1 aliphatic rings. The Hall–Kier alpha value is -6.03. The molecule has 0 amide bonds. The molecule has 6 aromatic carbocycles. The van der Waals surface area contributed by atoms with Crippen LogP contribution < -0.4 is 0 Å². The molecule has 0 heterocycles. The third kappa shape index (κ3) is 4.27. The molecule has 1 aliphatic carbocycles. The molecule has 0 aliphatic heterocycles. The molecular weight excluding hydrogens is 538 g/mol. The number of nitro benzene ring substituents is 3. The van der Waals surface area contributed by atoms with Crippen LogP contribution >= 0.6 is 0 Å². The Morgan fingerprint density at radius 1 is 0.524 bits per heavy atom. The van der Waals surface area contributed by atoms with Crippen molar-refractivity contribution < 1.29 is 19.6 Å². The van der Waals surface area contributed by atoms with Crippen LogP contribution in [0.25, 0.3) is 43.4 Å². The van der Waals surface area contributed by atoms with Gasteiger partial charge in [-0.15, -0.1) is 0 Å². The van der Waals surface area contributed by atoms with E-state index < -0.39 is 31.9 Å². The highest BCUT2D eigenvalue weighted by molar-refractivity contribution is 6.23. The number of benzene rings is 6. The van der Waals surface area contributed by atoms with Crippen LogP contribution in [0.5, 0.6) is 0 Å². The lowest BCUT2D eigenvalue weighted by Gasteiger charge is -2.08. The number of hydrogen-bond donors (Lipinski definition) is 0. The molecule has 0 saturated carbocycles. The Balaban J connectivity index is 0.000000153. The molecule has 0 fully saturated rings. The predicted molar refractivity (Wildman–Crippen MR) is 159 cm³/mol. The first-order valence-corrected chi connectivity index (χ1v) is 12.7. The standard InChI is InChI=1S/C19H14.C13H5N3O7/c1-13-5-4-7-15-11-16-10-9-14-6-2-3-8-17(14)19(16)12-18(13)15;17-13-9-3-6(14(18)19)1-2-8(9)12-10(13)4-7(15(20)21)5-11(12)16(22)23/h2-12H,1H3;1-5H. The van der Waals surface area contributed by atoms with E-state index in [-0.39, 0.29) is 27.9 Å². The molecule has 0 N–H and O–H groups in total. The van der Waals surface area contributed by atoms with Crippen LogP contribution in [0.1, 0.15) is 21.5 Å². The van der Waals surface area contributed by atoms with Gasteiger partial charge in [-0.05, 0) is 63.0 Å². The Labute approximate surface area is 236 Å². The van der Waals surface area contributed by atoms with Gasteiger partial charge in [0.2, 0.25) is 0 Å². The van der Waals surface area contributed by atoms with Crippen LogP contribution in [-0.2, 0) is 0 Å². The summed E-state index contributed by atoms with van der Waals surface area (Å²) in [4.78, 5) is 42.8. The number of non-ortho nitro benzene ring substituents is 2. The molecule has 0 unspecified atom stereocenters. The van der Waals surface area contributed by atoms with Gasteiger partial charge in [0.1, 0.15) is 0 Å². The summed E-state index contributed by atoms with van der Waals surface area (Å²) < 4.78 is 0. The molecule has 10 nitrogen and oxygen atoms in total. The molecule has 42 heavy (non-hydrogen) atoms. The number of aryl methyl sites for hydroxylation is 1. The number of carbonyl (C=O) groups is 1. The summed E-state index contributed by atoms with van der Waals surface area (Å²) in [6, 6.07) is 29.2. The normalized spacial score (nSPS) is 11.6. The number of rotatable bonds is 3. The monoisotopic (exact) mass is 557 g/mol. The van der Waals surface area contributed by atoms with Crippen molar-refractivity contribution in [3.8, 4) is 11.1 Å². The fourth-order valence-corrected chi connectivity index (χ4v) is 5.46. The smallest absolute Gasteiger partial charge is 0.284 e. The van der Waals surface area contributed by atoms with E-state index in [1.165, 1.54) is 43.9 Å². The van der Waals surface area contributed by atoms with Crippen LogP contribution in [0.3, 0.4) is 0 Å². The summed E-state index contributed by atoms with van der Waals surface area (Å²) in [5.41, 5.74) is -0.387. The summed E-state index contributed by atoms with van der Waals surface area (Å²) in [6.07, 6.45) is 0.